The first-order chi connectivity index (χ1) is 10.0. The number of alkyl halides is 1. The molecule has 0 saturated carbocycles. The number of aromatic nitrogens is 2. The quantitative estimate of drug-likeness (QED) is 0.572. The minimum Gasteiger partial charge on any atom is -0.295 e. The van der Waals surface area contributed by atoms with Crippen molar-refractivity contribution in [3.63, 3.8) is 0 Å². The van der Waals surface area contributed by atoms with Gasteiger partial charge in [0.1, 0.15) is 17.5 Å². The molecule has 3 rings (SSSR count). The average Bonchev–Trinajstić information content (AvgIpc) is 2.77. The summed E-state index contributed by atoms with van der Waals surface area (Å²) in [5.41, 5.74) is 2.68. The summed E-state index contributed by atoms with van der Waals surface area (Å²) in [6, 6.07) is 7.43. The Balaban J connectivity index is 2.37. The Morgan fingerprint density at radius 2 is 2.00 bits per heavy atom. The fourth-order valence-electron chi connectivity index (χ4n) is 2.35. The van der Waals surface area contributed by atoms with Crippen LogP contribution < -0.4 is 0 Å². The maximum absolute atomic E-state index is 13.8. The summed E-state index contributed by atoms with van der Waals surface area (Å²) in [5, 5.41) is 0. The Morgan fingerprint density at radius 1 is 1.24 bits per heavy atom. The third kappa shape index (κ3) is 2.45. The van der Waals surface area contributed by atoms with Gasteiger partial charge in [0.05, 0.1) is 27.1 Å². The van der Waals surface area contributed by atoms with E-state index in [9.17, 15) is 8.78 Å². The molecule has 3 aromatic rings. The maximum atomic E-state index is 13.8. The summed E-state index contributed by atoms with van der Waals surface area (Å²) in [5.74, 6) is 0.0514. The minimum atomic E-state index is -0.385. The van der Waals surface area contributed by atoms with Crippen molar-refractivity contribution in [1.29, 1.82) is 0 Å². The molecule has 0 saturated heterocycles. The smallest absolute Gasteiger partial charge is 0.139 e. The van der Waals surface area contributed by atoms with Crippen molar-refractivity contribution in [3.05, 3.63) is 57.8 Å². The summed E-state index contributed by atoms with van der Waals surface area (Å²) < 4.78 is 29.2. The fourth-order valence-corrected chi connectivity index (χ4v) is 2.86. The molecule has 0 fully saturated rings. The second kappa shape index (κ2) is 5.39. The van der Waals surface area contributed by atoms with Crippen LogP contribution in [0, 0.1) is 18.6 Å². The highest BCUT2D eigenvalue weighted by molar-refractivity contribution is 9.10. The molecule has 0 aliphatic carbocycles. The van der Waals surface area contributed by atoms with E-state index in [0.29, 0.717) is 21.3 Å². The summed E-state index contributed by atoms with van der Waals surface area (Å²) >= 11 is 9.10. The van der Waals surface area contributed by atoms with Crippen molar-refractivity contribution in [2.75, 3.05) is 0 Å². The van der Waals surface area contributed by atoms with Crippen molar-refractivity contribution >= 4 is 38.6 Å². The van der Waals surface area contributed by atoms with Gasteiger partial charge in [-0.2, -0.15) is 0 Å². The van der Waals surface area contributed by atoms with E-state index < -0.39 is 0 Å². The van der Waals surface area contributed by atoms with Crippen LogP contribution in [0.25, 0.3) is 16.7 Å². The molecule has 6 heteroatoms. The predicted molar refractivity (Wildman–Crippen MR) is 83.0 cm³/mol. The Labute approximate surface area is 133 Å². The van der Waals surface area contributed by atoms with Crippen molar-refractivity contribution in [2.24, 2.45) is 0 Å². The second-order valence-corrected chi connectivity index (χ2v) is 5.80. The van der Waals surface area contributed by atoms with E-state index in [2.05, 4.69) is 20.9 Å². The van der Waals surface area contributed by atoms with Gasteiger partial charge in [0, 0.05) is 6.07 Å². The zero-order valence-electron chi connectivity index (χ0n) is 11.0. The van der Waals surface area contributed by atoms with E-state index in [4.69, 9.17) is 11.6 Å². The number of nitrogens with zero attached hydrogens (tertiary/aromatic N) is 2. The lowest BCUT2D eigenvalue weighted by molar-refractivity contribution is 0.622. The van der Waals surface area contributed by atoms with Crippen LogP contribution in [0.2, 0.25) is 0 Å². The van der Waals surface area contributed by atoms with Gasteiger partial charge in [0.2, 0.25) is 0 Å². The van der Waals surface area contributed by atoms with Crippen molar-refractivity contribution in [1.82, 2.24) is 9.55 Å². The highest BCUT2D eigenvalue weighted by atomic mass is 79.9. The first-order valence-corrected chi connectivity index (χ1v) is 7.53. The summed E-state index contributed by atoms with van der Waals surface area (Å²) in [6.07, 6.45) is 0. The Hall–Kier alpha value is -1.46. The number of imidazole rings is 1. The van der Waals surface area contributed by atoms with Crippen LogP contribution in [0.1, 0.15) is 11.4 Å². The number of aryl methyl sites for hydroxylation is 1. The van der Waals surface area contributed by atoms with Gasteiger partial charge in [-0.15, -0.1) is 11.6 Å². The van der Waals surface area contributed by atoms with Crippen LogP contribution in [-0.2, 0) is 5.88 Å². The van der Waals surface area contributed by atoms with Crippen LogP contribution >= 0.6 is 27.5 Å². The molecule has 2 nitrogen and oxygen atoms in total. The van der Waals surface area contributed by atoms with Gasteiger partial charge in [-0.05, 0) is 52.7 Å². The van der Waals surface area contributed by atoms with Gasteiger partial charge in [0.15, 0.2) is 0 Å². The molecule has 0 spiro atoms. The third-order valence-electron chi connectivity index (χ3n) is 3.29. The first kappa shape index (κ1) is 14.5. The predicted octanol–water partition coefficient (Wildman–Crippen LogP) is 5.11. The van der Waals surface area contributed by atoms with E-state index in [1.54, 1.807) is 23.6 Å². The highest BCUT2D eigenvalue weighted by Gasteiger charge is 2.16. The number of benzene rings is 2. The zero-order valence-corrected chi connectivity index (χ0v) is 13.3. The van der Waals surface area contributed by atoms with Crippen LogP contribution in [0.4, 0.5) is 8.78 Å². The molecule has 0 aliphatic rings. The van der Waals surface area contributed by atoms with E-state index in [0.717, 1.165) is 11.3 Å². The molecular formula is C15H10BrClF2N2. The van der Waals surface area contributed by atoms with Gasteiger partial charge in [-0.1, -0.05) is 0 Å². The van der Waals surface area contributed by atoms with E-state index in [1.807, 2.05) is 0 Å². The lowest BCUT2D eigenvalue weighted by atomic mass is 10.2. The monoisotopic (exact) mass is 370 g/mol. The average molecular weight is 372 g/mol. The van der Waals surface area contributed by atoms with Crippen molar-refractivity contribution < 1.29 is 8.78 Å². The number of rotatable bonds is 2. The molecule has 0 radical (unpaired) electrons. The SMILES string of the molecule is Cc1cc(F)ccc1-n1c(CCl)nc2cc(Br)c(F)cc21. The van der Waals surface area contributed by atoms with E-state index >= 15 is 0 Å². The van der Waals surface area contributed by atoms with E-state index in [-0.39, 0.29) is 17.5 Å². The molecule has 0 amide bonds. The first-order valence-electron chi connectivity index (χ1n) is 6.20. The van der Waals surface area contributed by atoms with Gasteiger partial charge < -0.3 is 0 Å². The summed E-state index contributed by atoms with van der Waals surface area (Å²) in [4.78, 5) is 4.41. The molecule has 0 aliphatic heterocycles. The molecule has 1 aromatic heterocycles. The molecule has 21 heavy (non-hydrogen) atoms. The largest absolute Gasteiger partial charge is 0.295 e. The topological polar surface area (TPSA) is 17.8 Å². The second-order valence-electron chi connectivity index (χ2n) is 4.68. The van der Waals surface area contributed by atoms with Crippen LogP contribution in [0.5, 0.6) is 0 Å². The summed E-state index contributed by atoms with van der Waals surface area (Å²) in [6.45, 7) is 1.79. The highest BCUT2D eigenvalue weighted by Crippen LogP contribution is 2.29. The van der Waals surface area contributed by atoms with Crippen LogP contribution in [0.15, 0.2) is 34.8 Å². The van der Waals surface area contributed by atoms with Crippen LogP contribution in [0.3, 0.4) is 0 Å². The fraction of sp³-hybridized carbons (Fsp3) is 0.133. The van der Waals surface area contributed by atoms with Gasteiger partial charge >= 0.3 is 0 Å². The van der Waals surface area contributed by atoms with Gasteiger partial charge in [-0.25, -0.2) is 13.8 Å². The third-order valence-corrected chi connectivity index (χ3v) is 4.13. The molecule has 108 valence electrons. The lowest BCUT2D eigenvalue weighted by Crippen LogP contribution is -2.02. The molecule has 2 aromatic carbocycles. The normalized spacial score (nSPS) is 11.3. The Kier molecular flexibility index (Phi) is 3.71. The minimum absolute atomic E-state index is 0.171. The zero-order chi connectivity index (χ0) is 15.1. The van der Waals surface area contributed by atoms with Crippen LogP contribution in [-0.4, -0.2) is 9.55 Å². The van der Waals surface area contributed by atoms with Gasteiger partial charge in [-0.3, -0.25) is 4.57 Å². The molecular weight excluding hydrogens is 362 g/mol. The Morgan fingerprint density at radius 3 is 2.67 bits per heavy atom. The van der Waals surface area contributed by atoms with Crippen molar-refractivity contribution in [2.45, 2.75) is 12.8 Å². The van der Waals surface area contributed by atoms with E-state index in [1.165, 1.54) is 18.2 Å². The maximum Gasteiger partial charge on any atom is 0.139 e. The molecule has 0 bridgehead atoms. The van der Waals surface area contributed by atoms with Gasteiger partial charge in [0.25, 0.3) is 0 Å². The Bertz CT molecular complexity index is 845. The summed E-state index contributed by atoms with van der Waals surface area (Å²) in [7, 11) is 0. The molecule has 0 atom stereocenters. The molecule has 1 heterocycles. The number of hydrogen-bond donors (Lipinski definition) is 0. The number of fused-ring (bicyclic) bond motifs is 1. The standard InChI is InChI=1S/C15H10BrClF2N2/c1-8-4-9(18)2-3-13(8)21-14-6-11(19)10(16)5-12(14)20-15(21)7-17/h2-6H,7H2,1H3. The number of halogens is 4. The number of hydrogen-bond acceptors (Lipinski definition) is 1. The van der Waals surface area contributed by atoms with Crippen molar-refractivity contribution in [3.8, 4) is 5.69 Å². The molecule has 0 N–H and O–H groups in total. The molecule has 0 unspecified atom stereocenters. The lowest BCUT2D eigenvalue weighted by Gasteiger charge is -2.11.